The van der Waals surface area contributed by atoms with Crippen molar-refractivity contribution in [3.8, 4) is 0 Å². The number of phosphoric ester groups is 1. The van der Waals surface area contributed by atoms with Crippen LogP contribution in [0.25, 0.3) is 0 Å². The van der Waals surface area contributed by atoms with Gasteiger partial charge in [-0.25, -0.2) is 4.57 Å². The van der Waals surface area contributed by atoms with Crippen molar-refractivity contribution < 1.29 is 37.3 Å². The number of carbonyl (C=O) groups is 1. The standard InChI is InChI=1S/C48H96NO7P/c1-6-8-10-12-14-16-18-20-22-23-24-25-26-27-28-29-31-33-35-37-39-41-48(50)56-47(46-55-57(51,52)54-44-42-49(3,4)5)45-53-43-40-38-36-34-32-30-21-19-17-15-13-11-9-7-2/h17,19,47H,6-16,18,20-46H2,1-5H3/p+1/b19-17-. The van der Waals surface area contributed by atoms with Crippen molar-refractivity contribution in [3.05, 3.63) is 12.2 Å². The van der Waals surface area contributed by atoms with E-state index in [2.05, 4.69) is 26.0 Å². The van der Waals surface area contributed by atoms with Crippen LogP contribution in [0.4, 0.5) is 0 Å². The van der Waals surface area contributed by atoms with Gasteiger partial charge in [-0.3, -0.25) is 13.8 Å². The number of quaternary nitrogens is 1. The Morgan fingerprint density at radius 1 is 0.526 bits per heavy atom. The fraction of sp³-hybridized carbons (Fsp3) is 0.938. The van der Waals surface area contributed by atoms with Crippen molar-refractivity contribution in [2.45, 2.75) is 238 Å². The van der Waals surface area contributed by atoms with E-state index in [1.165, 1.54) is 180 Å². The van der Waals surface area contributed by atoms with Crippen LogP contribution in [0.3, 0.4) is 0 Å². The van der Waals surface area contributed by atoms with Crippen molar-refractivity contribution in [1.29, 1.82) is 0 Å². The Morgan fingerprint density at radius 2 is 0.912 bits per heavy atom. The molecule has 0 aromatic heterocycles. The molecule has 0 heterocycles. The number of likely N-dealkylation sites (N-methyl/N-ethyl adjacent to an activating group) is 1. The quantitative estimate of drug-likeness (QED) is 0.0215. The van der Waals surface area contributed by atoms with E-state index in [9.17, 15) is 14.3 Å². The summed E-state index contributed by atoms with van der Waals surface area (Å²) in [5.41, 5.74) is 0. The minimum atomic E-state index is -4.27. The molecule has 0 saturated heterocycles. The number of rotatable bonds is 46. The van der Waals surface area contributed by atoms with Gasteiger partial charge in [-0.1, -0.05) is 199 Å². The predicted octanol–water partition coefficient (Wildman–Crippen LogP) is 14.6. The maximum atomic E-state index is 12.7. The third-order valence-corrected chi connectivity index (χ3v) is 11.8. The first-order chi connectivity index (χ1) is 27.6. The Labute approximate surface area is 354 Å². The van der Waals surface area contributed by atoms with Crippen molar-refractivity contribution in [2.75, 3.05) is 54.1 Å². The minimum Gasteiger partial charge on any atom is -0.457 e. The topological polar surface area (TPSA) is 91.3 Å². The Bertz CT molecular complexity index is 925. The summed E-state index contributed by atoms with van der Waals surface area (Å²) in [7, 11) is 1.68. The zero-order valence-electron chi connectivity index (χ0n) is 38.6. The maximum absolute atomic E-state index is 12.7. The molecule has 0 aromatic rings. The highest BCUT2D eigenvalue weighted by molar-refractivity contribution is 7.47. The van der Waals surface area contributed by atoms with Gasteiger partial charge in [-0.15, -0.1) is 0 Å². The van der Waals surface area contributed by atoms with Gasteiger partial charge in [0.1, 0.15) is 19.3 Å². The molecule has 340 valence electrons. The van der Waals surface area contributed by atoms with Crippen LogP contribution >= 0.6 is 7.82 Å². The van der Waals surface area contributed by atoms with E-state index in [4.69, 9.17) is 18.5 Å². The van der Waals surface area contributed by atoms with Gasteiger partial charge in [0.15, 0.2) is 0 Å². The second kappa shape index (κ2) is 42.0. The van der Waals surface area contributed by atoms with Gasteiger partial charge >= 0.3 is 13.8 Å². The second-order valence-corrected chi connectivity index (χ2v) is 19.3. The first-order valence-corrected chi connectivity index (χ1v) is 25.9. The summed E-state index contributed by atoms with van der Waals surface area (Å²) in [6.45, 7) is 5.65. The number of phosphoric acid groups is 1. The highest BCUT2D eigenvalue weighted by atomic mass is 31.2. The average Bonchev–Trinajstić information content (AvgIpc) is 3.16. The lowest BCUT2D eigenvalue weighted by molar-refractivity contribution is -0.870. The van der Waals surface area contributed by atoms with E-state index in [1.54, 1.807) is 0 Å². The van der Waals surface area contributed by atoms with Crippen LogP contribution in [0.1, 0.15) is 232 Å². The van der Waals surface area contributed by atoms with E-state index < -0.39 is 13.9 Å². The summed E-state index contributed by atoms with van der Waals surface area (Å²) in [6.07, 6.45) is 46.8. The van der Waals surface area contributed by atoms with Crippen LogP contribution in [0.15, 0.2) is 12.2 Å². The van der Waals surface area contributed by atoms with E-state index in [0.717, 1.165) is 32.1 Å². The number of carbonyl (C=O) groups excluding carboxylic acids is 1. The Hall–Kier alpha value is -0.760. The average molecular weight is 831 g/mol. The lowest BCUT2D eigenvalue weighted by Crippen LogP contribution is -2.37. The zero-order chi connectivity index (χ0) is 42.0. The zero-order valence-corrected chi connectivity index (χ0v) is 39.5. The van der Waals surface area contributed by atoms with Crippen LogP contribution in [0.5, 0.6) is 0 Å². The molecule has 9 heteroatoms. The summed E-state index contributed by atoms with van der Waals surface area (Å²) in [6, 6.07) is 0. The molecule has 0 bridgehead atoms. The molecule has 0 saturated carbocycles. The molecule has 1 N–H and O–H groups in total. The Balaban J connectivity index is 4.11. The lowest BCUT2D eigenvalue weighted by atomic mass is 10.0. The first-order valence-electron chi connectivity index (χ1n) is 24.4. The molecule has 57 heavy (non-hydrogen) atoms. The summed E-state index contributed by atoms with van der Waals surface area (Å²) in [5, 5.41) is 0. The number of ether oxygens (including phenoxy) is 2. The summed E-state index contributed by atoms with van der Waals surface area (Å²) in [4.78, 5) is 22.9. The van der Waals surface area contributed by atoms with E-state index >= 15 is 0 Å². The van der Waals surface area contributed by atoms with Gasteiger partial charge in [0, 0.05) is 13.0 Å². The fourth-order valence-corrected chi connectivity index (χ4v) is 7.76. The SMILES string of the molecule is CCCCCC/C=C\CCCCCCCCOCC(COP(=O)(O)OCC[N+](C)(C)C)OC(=O)CCCCCCCCCCCCCCCCCCCCCCC. The molecule has 0 aliphatic heterocycles. The molecular formula is C48H97NO7P+. The molecule has 8 nitrogen and oxygen atoms in total. The highest BCUT2D eigenvalue weighted by Crippen LogP contribution is 2.43. The number of hydrogen-bond acceptors (Lipinski definition) is 6. The maximum Gasteiger partial charge on any atom is 0.472 e. The summed E-state index contributed by atoms with van der Waals surface area (Å²) < 4.78 is 35.1. The number of allylic oxidation sites excluding steroid dienone is 2. The van der Waals surface area contributed by atoms with Crippen LogP contribution in [-0.2, 0) is 27.9 Å². The third-order valence-electron chi connectivity index (χ3n) is 10.8. The molecule has 0 aromatic carbocycles. The molecule has 0 amide bonds. The second-order valence-electron chi connectivity index (χ2n) is 17.9. The molecule has 2 unspecified atom stereocenters. The van der Waals surface area contributed by atoms with Crippen LogP contribution in [0.2, 0.25) is 0 Å². The van der Waals surface area contributed by atoms with Gasteiger partial charge in [0.25, 0.3) is 0 Å². The normalized spacial score (nSPS) is 13.7. The van der Waals surface area contributed by atoms with Crippen LogP contribution < -0.4 is 0 Å². The van der Waals surface area contributed by atoms with Gasteiger partial charge in [-0.2, -0.15) is 0 Å². The monoisotopic (exact) mass is 831 g/mol. The first kappa shape index (κ1) is 56.2. The van der Waals surface area contributed by atoms with Crippen molar-refractivity contribution in [1.82, 2.24) is 0 Å². The number of nitrogens with zero attached hydrogens (tertiary/aromatic N) is 1. The van der Waals surface area contributed by atoms with E-state index in [1.807, 2.05) is 21.1 Å². The fourth-order valence-electron chi connectivity index (χ4n) is 7.02. The summed E-state index contributed by atoms with van der Waals surface area (Å²) >= 11 is 0. The van der Waals surface area contributed by atoms with Gasteiger partial charge in [-0.05, 0) is 38.5 Å². The molecule has 0 fully saturated rings. The molecular weight excluding hydrogens is 734 g/mol. The van der Waals surface area contributed by atoms with Crippen molar-refractivity contribution in [2.24, 2.45) is 0 Å². The van der Waals surface area contributed by atoms with Gasteiger partial charge in [0.2, 0.25) is 0 Å². The third kappa shape index (κ3) is 46.2. The number of esters is 1. The van der Waals surface area contributed by atoms with Gasteiger partial charge in [0.05, 0.1) is 34.4 Å². The molecule has 0 aliphatic carbocycles. The minimum absolute atomic E-state index is 0.0908. The van der Waals surface area contributed by atoms with Crippen LogP contribution in [-0.4, -0.2) is 75.6 Å². The summed E-state index contributed by atoms with van der Waals surface area (Å²) in [5.74, 6) is -0.310. The van der Waals surface area contributed by atoms with Gasteiger partial charge < -0.3 is 18.9 Å². The highest BCUT2D eigenvalue weighted by Gasteiger charge is 2.26. The molecule has 0 spiro atoms. The molecule has 2 atom stereocenters. The molecule has 0 rings (SSSR count). The Kier molecular flexibility index (Phi) is 41.4. The van der Waals surface area contributed by atoms with E-state index in [0.29, 0.717) is 24.1 Å². The number of hydrogen-bond donors (Lipinski definition) is 1. The largest absolute Gasteiger partial charge is 0.472 e. The smallest absolute Gasteiger partial charge is 0.457 e. The van der Waals surface area contributed by atoms with E-state index in [-0.39, 0.29) is 25.8 Å². The van der Waals surface area contributed by atoms with Crippen LogP contribution in [0, 0.1) is 0 Å². The predicted molar refractivity (Wildman–Crippen MR) is 243 cm³/mol. The molecule has 0 radical (unpaired) electrons. The van der Waals surface area contributed by atoms with Crippen molar-refractivity contribution in [3.63, 3.8) is 0 Å². The lowest BCUT2D eigenvalue weighted by Gasteiger charge is -2.24. The Morgan fingerprint density at radius 3 is 1.35 bits per heavy atom. The molecule has 0 aliphatic rings. The number of unbranched alkanes of at least 4 members (excludes halogenated alkanes) is 30. The van der Waals surface area contributed by atoms with Crippen molar-refractivity contribution >= 4 is 13.8 Å².